The van der Waals surface area contributed by atoms with Gasteiger partial charge in [-0.15, -0.1) is 0 Å². The minimum Gasteiger partial charge on any atom is -0.367 e. The number of aliphatic hydroxyl groups excluding tert-OH is 1. The lowest BCUT2D eigenvalue weighted by atomic mass is 10.7. The Bertz CT molecular complexity index is 166. The minimum atomic E-state index is -4.95. The lowest BCUT2D eigenvalue weighted by Crippen LogP contribution is -2.20. The van der Waals surface area contributed by atoms with Gasteiger partial charge in [0.25, 0.3) is 6.29 Å². The number of hydrogen-bond acceptors (Lipinski definition) is 5. The predicted molar refractivity (Wildman–Crippen MR) is 26.4 cm³/mol. The quantitative estimate of drug-likeness (QED) is 0.278. The van der Waals surface area contributed by atoms with Crippen LogP contribution in [0.25, 0.3) is 0 Å². The molecule has 0 fully saturated rings. The van der Waals surface area contributed by atoms with Crippen LogP contribution in [0.4, 0.5) is 0 Å². The van der Waals surface area contributed by atoms with Gasteiger partial charge in [-0.2, -0.15) is 0 Å². The van der Waals surface area contributed by atoms with E-state index in [9.17, 15) is 9.36 Å². The van der Waals surface area contributed by atoms with Crippen LogP contribution < -0.4 is 0 Å². The molecule has 0 aromatic carbocycles. The maximum Gasteiger partial charge on any atom is 0.527 e. The summed E-state index contributed by atoms with van der Waals surface area (Å²) in [5, 5.41) is 15.8. The molecule has 60 valence electrons. The van der Waals surface area contributed by atoms with Gasteiger partial charge in [0, 0.05) is 0 Å². The van der Waals surface area contributed by atoms with Gasteiger partial charge in [-0.25, -0.2) is 9.36 Å². The maximum absolute atomic E-state index is 9.94. The molecule has 0 aliphatic rings. The van der Waals surface area contributed by atoms with Crippen molar-refractivity contribution in [1.82, 2.24) is 0 Å². The Morgan fingerprint density at radius 3 is 1.90 bits per heavy atom. The Hall–Kier alpha value is -0.460. The molecule has 0 saturated heterocycles. The zero-order valence-corrected chi connectivity index (χ0v) is 5.43. The van der Waals surface area contributed by atoms with Crippen LogP contribution in [-0.4, -0.2) is 32.3 Å². The largest absolute Gasteiger partial charge is 0.527 e. The summed E-state index contributed by atoms with van der Waals surface area (Å²) in [6.45, 7) is 0. The summed E-state index contributed by atoms with van der Waals surface area (Å²) in [7, 11) is -4.95. The summed E-state index contributed by atoms with van der Waals surface area (Å²) >= 11 is 0. The van der Waals surface area contributed by atoms with Gasteiger partial charge in [0.1, 0.15) is 0 Å². The van der Waals surface area contributed by atoms with Crippen molar-refractivity contribution in [2.75, 3.05) is 0 Å². The Kier molecular flexibility index (Phi) is 2.95. The van der Waals surface area contributed by atoms with Gasteiger partial charge in [0.2, 0.25) is 0 Å². The van der Waals surface area contributed by atoms with Crippen LogP contribution in [-0.2, 0) is 13.9 Å². The first-order chi connectivity index (χ1) is 4.33. The van der Waals surface area contributed by atoms with Gasteiger partial charge in [-0.1, -0.05) is 0 Å². The third-order valence-corrected chi connectivity index (χ3v) is 0.837. The van der Waals surface area contributed by atoms with Crippen LogP contribution in [0.2, 0.25) is 0 Å². The predicted octanol–water partition coefficient (Wildman–Crippen LogP) is -2.07. The average Bonchev–Trinajstić information content (AvgIpc) is 1.60. The molecule has 0 amide bonds. The first-order valence-electron chi connectivity index (χ1n) is 1.98. The van der Waals surface area contributed by atoms with E-state index < -0.39 is 20.1 Å². The highest BCUT2D eigenvalue weighted by Crippen LogP contribution is 2.35. The fourth-order valence-corrected chi connectivity index (χ4v) is 0.493. The fourth-order valence-electron chi connectivity index (χ4n) is 0.164. The van der Waals surface area contributed by atoms with Crippen LogP contribution in [0.3, 0.4) is 0 Å². The molecule has 4 N–H and O–H groups in total. The van der Waals surface area contributed by atoms with E-state index >= 15 is 0 Å². The highest BCUT2D eigenvalue weighted by atomic mass is 31.2. The number of hydrogen-bond donors (Lipinski definition) is 4. The molecule has 0 radical (unpaired) electrons. The van der Waals surface area contributed by atoms with Gasteiger partial charge in [0.15, 0.2) is 0 Å². The zero-order chi connectivity index (χ0) is 8.36. The van der Waals surface area contributed by atoms with Crippen LogP contribution in [0.1, 0.15) is 0 Å². The molecule has 7 nitrogen and oxygen atoms in total. The van der Waals surface area contributed by atoms with Crippen molar-refractivity contribution in [1.29, 1.82) is 0 Å². The van der Waals surface area contributed by atoms with E-state index in [0.29, 0.717) is 0 Å². The molecule has 0 aliphatic heterocycles. The number of rotatable bonds is 2. The molecular formula is C2H5O7P. The monoisotopic (exact) mass is 172 g/mol. The van der Waals surface area contributed by atoms with E-state index in [0.717, 1.165) is 0 Å². The van der Waals surface area contributed by atoms with E-state index in [1.54, 1.807) is 0 Å². The number of carbonyl (C=O) groups is 1. The van der Waals surface area contributed by atoms with Gasteiger partial charge < -0.3 is 14.7 Å². The van der Waals surface area contributed by atoms with Crippen LogP contribution in [0.5, 0.6) is 0 Å². The lowest BCUT2D eigenvalue weighted by molar-refractivity contribution is -0.164. The third-order valence-electron chi connectivity index (χ3n) is 0.420. The molecule has 0 atom stereocenters. The van der Waals surface area contributed by atoms with Gasteiger partial charge in [0.05, 0.1) is 0 Å². The number of phosphoric acid groups is 1. The molecule has 0 rings (SSSR count). The Morgan fingerprint density at radius 1 is 1.40 bits per heavy atom. The number of phosphoric ester groups is 1. The van der Waals surface area contributed by atoms with Crippen molar-refractivity contribution in [3.05, 3.63) is 0 Å². The topological polar surface area (TPSA) is 124 Å². The zero-order valence-electron chi connectivity index (χ0n) is 4.54. The van der Waals surface area contributed by atoms with E-state index in [1.165, 1.54) is 0 Å². The van der Waals surface area contributed by atoms with Gasteiger partial charge >= 0.3 is 13.8 Å². The molecule has 8 heteroatoms. The van der Waals surface area contributed by atoms with Crippen molar-refractivity contribution < 1.29 is 33.9 Å². The Labute approximate surface area is 55.1 Å². The molecule has 0 heterocycles. The van der Waals surface area contributed by atoms with Crippen LogP contribution >= 0.6 is 7.82 Å². The molecular weight excluding hydrogens is 167 g/mol. The molecule has 0 aliphatic carbocycles. The highest BCUT2D eigenvalue weighted by molar-refractivity contribution is 7.46. The van der Waals surface area contributed by atoms with Gasteiger partial charge in [-0.3, -0.25) is 9.79 Å². The number of carbonyl (C=O) groups excluding carboxylic acids is 1. The molecule has 0 bridgehead atoms. The molecule has 0 saturated carbocycles. The van der Waals surface area contributed by atoms with E-state index in [2.05, 4.69) is 4.52 Å². The lowest BCUT2D eigenvalue weighted by Gasteiger charge is -2.04. The smallest absolute Gasteiger partial charge is 0.367 e. The number of aliphatic hydroxyl groups is 2. The summed E-state index contributed by atoms with van der Waals surface area (Å²) in [5.74, 6) is -1.78. The fraction of sp³-hybridized carbons (Fsp3) is 0.500. The SMILES string of the molecule is O=C(OP(=O)(O)O)C(O)O. The first kappa shape index (κ1) is 9.54. The van der Waals surface area contributed by atoms with Crippen LogP contribution in [0, 0.1) is 0 Å². The normalized spacial score (nSPS) is 11.7. The van der Waals surface area contributed by atoms with E-state index in [1.807, 2.05) is 0 Å². The Morgan fingerprint density at radius 2 is 1.80 bits per heavy atom. The second-order valence-electron chi connectivity index (χ2n) is 1.27. The van der Waals surface area contributed by atoms with Crippen molar-refractivity contribution in [2.24, 2.45) is 0 Å². The van der Waals surface area contributed by atoms with Crippen molar-refractivity contribution in [3.63, 3.8) is 0 Å². The maximum atomic E-state index is 9.94. The van der Waals surface area contributed by atoms with Crippen molar-refractivity contribution in [2.45, 2.75) is 6.29 Å². The molecule has 0 aromatic rings. The second kappa shape index (κ2) is 3.09. The summed E-state index contributed by atoms with van der Waals surface area (Å²) < 4.78 is 13.0. The minimum absolute atomic E-state index is 1.78. The van der Waals surface area contributed by atoms with Crippen molar-refractivity contribution in [3.8, 4) is 0 Å². The summed E-state index contributed by atoms with van der Waals surface area (Å²) in [4.78, 5) is 25.7. The van der Waals surface area contributed by atoms with E-state index in [4.69, 9.17) is 20.0 Å². The molecule has 0 aromatic heterocycles. The molecule has 0 spiro atoms. The summed E-state index contributed by atoms with van der Waals surface area (Å²) in [6, 6.07) is 0. The average molecular weight is 172 g/mol. The third kappa shape index (κ3) is 4.42. The standard InChI is InChI=1S/C2H5O7P/c3-1(4)2(5)9-10(6,7)8/h1,3-4H,(H2,6,7,8). The first-order valence-corrected chi connectivity index (χ1v) is 3.51. The van der Waals surface area contributed by atoms with E-state index in [-0.39, 0.29) is 0 Å². The Balaban J connectivity index is 3.94. The van der Waals surface area contributed by atoms with Crippen LogP contribution in [0.15, 0.2) is 0 Å². The summed E-state index contributed by atoms with van der Waals surface area (Å²) in [5.41, 5.74) is 0. The molecule has 10 heavy (non-hydrogen) atoms. The molecule has 0 unspecified atom stereocenters. The highest BCUT2D eigenvalue weighted by Gasteiger charge is 2.24. The summed E-state index contributed by atoms with van der Waals surface area (Å²) in [6.07, 6.45) is -2.52. The van der Waals surface area contributed by atoms with Crippen molar-refractivity contribution >= 4 is 13.8 Å². The second-order valence-corrected chi connectivity index (χ2v) is 2.44. The van der Waals surface area contributed by atoms with Gasteiger partial charge in [-0.05, 0) is 0 Å².